The fourth-order valence-corrected chi connectivity index (χ4v) is 7.98. The molecule has 0 aromatic heterocycles. The van der Waals surface area contributed by atoms with Crippen LogP contribution in [0.25, 0.3) is 98.0 Å². The summed E-state index contributed by atoms with van der Waals surface area (Å²) < 4.78 is 0. The van der Waals surface area contributed by atoms with Crippen LogP contribution in [0.5, 0.6) is 0 Å². The minimum Gasteiger partial charge on any atom is -0.0622 e. The first-order valence-corrected chi connectivity index (χ1v) is 16.0. The summed E-state index contributed by atoms with van der Waals surface area (Å²) in [6, 6.07) is 62.9. The minimum atomic E-state index is 1.23. The Hall–Kier alpha value is -5.98. The van der Waals surface area contributed by atoms with Crippen molar-refractivity contribution in [2.24, 2.45) is 0 Å². The second-order valence-corrected chi connectivity index (χ2v) is 12.4. The van der Waals surface area contributed by atoms with E-state index < -0.39 is 0 Å². The molecular weight excluding hydrogens is 553 g/mol. The van der Waals surface area contributed by atoms with Crippen LogP contribution in [0.1, 0.15) is 0 Å². The Balaban J connectivity index is 1.39. The van der Waals surface area contributed by atoms with Gasteiger partial charge in [0, 0.05) is 0 Å². The minimum absolute atomic E-state index is 1.23. The van der Waals surface area contributed by atoms with Gasteiger partial charge in [0.25, 0.3) is 0 Å². The maximum Gasteiger partial charge on any atom is -0.00139 e. The van der Waals surface area contributed by atoms with Crippen LogP contribution in [0.3, 0.4) is 0 Å². The molecule has 0 unspecified atom stereocenters. The van der Waals surface area contributed by atoms with Crippen molar-refractivity contribution in [2.75, 3.05) is 0 Å². The number of rotatable bonds is 3. The third-order valence-electron chi connectivity index (χ3n) is 9.97. The van der Waals surface area contributed by atoms with Gasteiger partial charge in [0.05, 0.1) is 0 Å². The Labute approximate surface area is 267 Å². The van der Waals surface area contributed by atoms with Crippen molar-refractivity contribution in [3.63, 3.8) is 0 Å². The van der Waals surface area contributed by atoms with E-state index in [1.807, 2.05) is 0 Å². The summed E-state index contributed by atoms with van der Waals surface area (Å²) in [5, 5.41) is 15.6. The van der Waals surface area contributed by atoms with Crippen molar-refractivity contribution in [1.82, 2.24) is 0 Å². The lowest BCUT2D eigenvalue weighted by molar-refractivity contribution is 1.61. The van der Waals surface area contributed by atoms with Gasteiger partial charge in [-0.25, -0.2) is 0 Å². The molecule has 0 saturated carbocycles. The standard InChI is InChI=1S/C46H28/c1-2-10-29(11-3-1)34-15-9-16-35(28-34)43-37-18-6-7-19-38(37)46(45-36-17-5-4-12-30(36)22-27-41(43)45)40-26-24-33-21-20-31-13-8-14-32-23-25-39(40)44(33)42(31)32/h1-28H. The highest BCUT2D eigenvalue weighted by Crippen LogP contribution is 2.49. The highest BCUT2D eigenvalue weighted by atomic mass is 14.2. The molecule has 0 radical (unpaired) electrons. The predicted molar refractivity (Wildman–Crippen MR) is 199 cm³/mol. The van der Waals surface area contributed by atoms with Gasteiger partial charge >= 0.3 is 0 Å². The molecule has 0 saturated heterocycles. The SMILES string of the molecule is c1ccc(-c2cccc(-c3c4ccccc4c(-c4ccc5ccc6cccc7ccc4c5c67)c4c3ccc3ccccc34)c2)cc1. The molecule has 0 spiro atoms. The molecule has 212 valence electrons. The van der Waals surface area contributed by atoms with E-state index in [1.165, 1.54) is 98.0 Å². The fourth-order valence-electron chi connectivity index (χ4n) is 7.98. The zero-order chi connectivity index (χ0) is 30.2. The molecule has 46 heavy (non-hydrogen) atoms. The quantitative estimate of drug-likeness (QED) is 0.144. The van der Waals surface area contributed by atoms with Crippen molar-refractivity contribution < 1.29 is 0 Å². The largest absolute Gasteiger partial charge is 0.0622 e. The van der Waals surface area contributed by atoms with Gasteiger partial charge in [-0.15, -0.1) is 0 Å². The topological polar surface area (TPSA) is 0 Å². The molecule has 10 rings (SSSR count). The normalized spacial score (nSPS) is 11.9. The summed E-state index contributed by atoms with van der Waals surface area (Å²) in [6.07, 6.45) is 0. The molecule has 0 aliphatic heterocycles. The summed E-state index contributed by atoms with van der Waals surface area (Å²) in [4.78, 5) is 0. The summed E-state index contributed by atoms with van der Waals surface area (Å²) in [6.45, 7) is 0. The maximum atomic E-state index is 2.36. The molecule has 0 heterocycles. The Kier molecular flexibility index (Phi) is 5.38. The molecule has 0 aliphatic rings. The third kappa shape index (κ3) is 3.62. The maximum absolute atomic E-state index is 2.36. The Morgan fingerprint density at radius 3 is 1.61 bits per heavy atom. The van der Waals surface area contributed by atoms with E-state index in [0.717, 1.165) is 0 Å². The van der Waals surface area contributed by atoms with Crippen LogP contribution in [0.15, 0.2) is 170 Å². The van der Waals surface area contributed by atoms with Crippen molar-refractivity contribution >= 4 is 64.6 Å². The van der Waals surface area contributed by atoms with E-state index in [-0.39, 0.29) is 0 Å². The molecule has 0 fully saturated rings. The van der Waals surface area contributed by atoms with Gasteiger partial charge in [0.1, 0.15) is 0 Å². The molecule has 0 aliphatic carbocycles. The first kappa shape index (κ1) is 25.4. The molecular formula is C46H28. The molecule has 0 N–H and O–H groups in total. The van der Waals surface area contributed by atoms with E-state index in [9.17, 15) is 0 Å². The summed E-state index contributed by atoms with van der Waals surface area (Å²) >= 11 is 0. The Morgan fingerprint density at radius 2 is 0.783 bits per heavy atom. The molecule has 0 atom stereocenters. The average Bonchev–Trinajstić information content (AvgIpc) is 3.13. The Bertz CT molecular complexity index is 2770. The van der Waals surface area contributed by atoms with E-state index in [1.54, 1.807) is 0 Å². The average molecular weight is 581 g/mol. The lowest BCUT2D eigenvalue weighted by atomic mass is 9.81. The van der Waals surface area contributed by atoms with Gasteiger partial charge < -0.3 is 0 Å². The smallest absolute Gasteiger partial charge is 0.00139 e. The first-order chi connectivity index (χ1) is 22.8. The molecule has 0 bridgehead atoms. The first-order valence-electron chi connectivity index (χ1n) is 16.0. The van der Waals surface area contributed by atoms with Crippen molar-refractivity contribution in [1.29, 1.82) is 0 Å². The van der Waals surface area contributed by atoms with Crippen molar-refractivity contribution in [2.45, 2.75) is 0 Å². The molecule has 10 aromatic carbocycles. The van der Waals surface area contributed by atoms with E-state index >= 15 is 0 Å². The van der Waals surface area contributed by atoms with Crippen molar-refractivity contribution in [3.8, 4) is 33.4 Å². The van der Waals surface area contributed by atoms with Gasteiger partial charge in [-0.1, -0.05) is 164 Å². The van der Waals surface area contributed by atoms with Crippen molar-refractivity contribution in [3.05, 3.63) is 170 Å². The summed E-state index contributed by atoms with van der Waals surface area (Å²) in [5.74, 6) is 0. The van der Waals surface area contributed by atoms with Gasteiger partial charge in [-0.2, -0.15) is 0 Å². The van der Waals surface area contributed by atoms with Crippen LogP contribution in [-0.4, -0.2) is 0 Å². The zero-order valence-corrected chi connectivity index (χ0v) is 25.2. The fraction of sp³-hybridized carbons (Fsp3) is 0. The third-order valence-corrected chi connectivity index (χ3v) is 9.97. The van der Waals surface area contributed by atoms with Crippen LogP contribution < -0.4 is 0 Å². The van der Waals surface area contributed by atoms with E-state index in [0.29, 0.717) is 0 Å². The molecule has 0 nitrogen and oxygen atoms in total. The van der Waals surface area contributed by atoms with Gasteiger partial charge in [0.2, 0.25) is 0 Å². The predicted octanol–water partition coefficient (Wildman–Crippen LogP) is 13.0. The molecule has 0 heteroatoms. The number of hydrogen-bond donors (Lipinski definition) is 0. The monoisotopic (exact) mass is 580 g/mol. The van der Waals surface area contributed by atoms with Crippen LogP contribution in [0.2, 0.25) is 0 Å². The second-order valence-electron chi connectivity index (χ2n) is 12.4. The van der Waals surface area contributed by atoms with Crippen LogP contribution in [0.4, 0.5) is 0 Å². The highest BCUT2D eigenvalue weighted by molar-refractivity contribution is 6.32. The summed E-state index contributed by atoms with van der Waals surface area (Å²) in [5.41, 5.74) is 7.58. The zero-order valence-electron chi connectivity index (χ0n) is 25.2. The van der Waals surface area contributed by atoms with Crippen LogP contribution >= 0.6 is 0 Å². The summed E-state index contributed by atoms with van der Waals surface area (Å²) in [7, 11) is 0. The van der Waals surface area contributed by atoms with Gasteiger partial charge in [-0.3, -0.25) is 0 Å². The molecule has 10 aromatic rings. The van der Waals surface area contributed by atoms with E-state index in [4.69, 9.17) is 0 Å². The lowest BCUT2D eigenvalue weighted by Crippen LogP contribution is -1.94. The number of fused-ring (bicyclic) bond motifs is 4. The number of hydrogen-bond acceptors (Lipinski definition) is 0. The molecule has 0 amide bonds. The van der Waals surface area contributed by atoms with Crippen LogP contribution in [-0.2, 0) is 0 Å². The lowest BCUT2D eigenvalue weighted by Gasteiger charge is -2.21. The Morgan fingerprint density at radius 1 is 0.239 bits per heavy atom. The second kappa shape index (κ2) is 9.76. The van der Waals surface area contributed by atoms with Gasteiger partial charge in [0.15, 0.2) is 0 Å². The highest BCUT2D eigenvalue weighted by Gasteiger charge is 2.21. The number of benzene rings is 10. The van der Waals surface area contributed by atoms with E-state index in [2.05, 4.69) is 170 Å². The van der Waals surface area contributed by atoms with Crippen LogP contribution in [0, 0.1) is 0 Å². The van der Waals surface area contributed by atoms with Gasteiger partial charge in [-0.05, 0) is 104 Å².